The predicted octanol–water partition coefficient (Wildman–Crippen LogP) is 12.1. The molecular formula is C87H86F3N23O3. The zero-order valence-corrected chi connectivity index (χ0v) is 65.2. The van der Waals surface area contributed by atoms with E-state index in [1.165, 1.54) is 18.2 Å². The second-order valence-electron chi connectivity index (χ2n) is 30.6. The third-order valence-electron chi connectivity index (χ3n) is 23.3. The number of benzene rings is 4. The molecule has 0 atom stereocenters. The molecule has 0 bridgehead atoms. The molecule has 29 heteroatoms. The Kier molecular flexibility index (Phi) is 20.1. The number of anilines is 4. The number of aromatic nitrogens is 16. The summed E-state index contributed by atoms with van der Waals surface area (Å²) >= 11 is 0. The molecule has 588 valence electrons. The van der Waals surface area contributed by atoms with Crippen molar-refractivity contribution in [3.8, 4) is 44.5 Å². The lowest BCUT2D eigenvalue weighted by Crippen LogP contribution is -2.61. The van der Waals surface area contributed by atoms with Crippen LogP contribution in [-0.4, -0.2) is 243 Å². The minimum Gasteiger partial charge on any atom is -0.379 e. The number of hydrogen-bond donors (Lipinski definition) is 0. The van der Waals surface area contributed by atoms with Crippen LogP contribution in [0.2, 0.25) is 0 Å². The van der Waals surface area contributed by atoms with Gasteiger partial charge in [0.25, 0.3) is 0 Å². The lowest BCUT2D eigenvalue weighted by Gasteiger charge is -2.47. The van der Waals surface area contributed by atoms with E-state index in [-0.39, 0.29) is 17.5 Å². The molecule has 12 aromatic heterocycles. The molecule has 16 aromatic rings. The van der Waals surface area contributed by atoms with Crippen LogP contribution in [0.3, 0.4) is 0 Å². The van der Waals surface area contributed by atoms with Crippen molar-refractivity contribution in [1.82, 2.24) is 93.0 Å². The van der Waals surface area contributed by atoms with Gasteiger partial charge in [0, 0.05) is 190 Å². The van der Waals surface area contributed by atoms with Gasteiger partial charge in [-0.1, -0.05) is 18.2 Å². The second kappa shape index (κ2) is 31.5. The molecule has 18 heterocycles. The van der Waals surface area contributed by atoms with Crippen molar-refractivity contribution in [2.24, 2.45) is 0 Å². The van der Waals surface area contributed by atoms with Gasteiger partial charge in [-0.05, 0) is 122 Å². The van der Waals surface area contributed by atoms with Gasteiger partial charge < -0.3 is 38.7 Å². The van der Waals surface area contributed by atoms with Crippen molar-refractivity contribution < 1.29 is 27.4 Å². The number of halogens is 3. The highest BCUT2D eigenvalue weighted by molar-refractivity contribution is 6.01. The maximum absolute atomic E-state index is 14.0. The van der Waals surface area contributed by atoms with Gasteiger partial charge >= 0.3 is 0 Å². The third-order valence-corrected chi connectivity index (χ3v) is 23.3. The highest BCUT2D eigenvalue weighted by Gasteiger charge is 2.35. The van der Waals surface area contributed by atoms with Gasteiger partial charge in [-0.25, -0.2) is 51.2 Å². The molecule has 6 aliphatic rings. The standard InChI is InChI=1S/C23H23FN6O.C23H24N6O.C21H21FN6.C20H18FN5O/c1-15-8-19-18(2-3-25-22(19)9-21(15)24)20-11-27-30-14-16(10-26-23(20)30)29-12-17(13-29)28-4-6-31-7-5-28;1-16-10-20(19-4-2-3-5-22(19)26-16)21-12-25-29-15-17(11-24-23(21)29)28-13-18(14-28)27-6-8-30-9-7-27;1-14-9-17-16(3-4-23-20(17)10-19(14)22)18-12-25-28-13-15(11-24-21(18)28)27-7-5-26(2)6-8-27;1-13-8-16-15(2-3-22-19(16)9-18(13)21)17-11-24-26-12-14(10-23-20(17)26)25-4-6-27-7-5-25/h2-3,8-11,14,17H,4-7,12-13H2,1H3;2-5,10-12,15,18H,6-9,13-14H2,1H3;3-4,9-13H,5-8H2,1-2H3;2-3,8-12H,4-7H2,1H3. The van der Waals surface area contributed by atoms with Crippen molar-refractivity contribution in [2.75, 3.05) is 158 Å². The summed E-state index contributed by atoms with van der Waals surface area (Å²) in [6.45, 7) is 26.1. The Hall–Kier alpha value is -12.3. The average molecular weight is 1560 g/mol. The number of fused-ring (bicyclic) bond motifs is 8. The Labute approximate surface area is 666 Å². The fourth-order valence-electron chi connectivity index (χ4n) is 16.5. The van der Waals surface area contributed by atoms with E-state index >= 15 is 0 Å². The lowest BCUT2D eigenvalue weighted by atomic mass is 10.0. The molecule has 22 rings (SSSR count). The topological polar surface area (TPSA) is 223 Å². The van der Waals surface area contributed by atoms with Crippen LogP contribution in [0.5, 0.6) is 0 Å². The van der Waals surface area contributed by atoms with Crippen molar-refractivity contribution >= 4 is 88.9 Å². The monoisotopic (exact) mass is 1560 g/mol. The van der Waals surface area contributed by atoms with E-state index in [4.69, 9.17) is 29.2 Å². The normalized spacial score (nSPS) is 16.8. The van der Waals surface area contributed by atoms with Crippen molar-refractivity contribution in [3.63, 3.8) is 0 Å². The van der Waals surface area contributed by atoms with Crippen LogP contribution in [0.1, 0.15) is 22.4 Å². The SMILES string of the molecule is Cc1cc(-c2cnn3cc(N4CC(N5CCOCC5)C4)cnc23)c2ccccc2n1.Cc1cc2c(-c3cnn4cc(N5CC(N6CCOCC6)C5)cnc34)ccnc2cc1F.Cc1cc2c(-c3cnn4cc(N5CCN(C)CC5)cnc34)ccnc2cc1F.Cc1cc2c(-c3cnn4cc(N5CCOCC5)cnc34)ccnc2cc1F. The Morgan fingerprint density at radius 2 is 0.672 bits per heavy atom. The number of aryl methyl sites for hydroxylation is 4. The second-order valence-corrected chi connectivity index (χ2v) is 30.6. The molecule has 6 fully saturated rings. The fourth-order valence-corrected chi connectivity index (χ4v) is 16.5. The molecule has 116 heavy (non-hydrogen) atoms. The predicted molar refractivity (Wildman–Crippen MR) is 443 cm³/mol. The number of piperazine rings is 1. The summed E-state index contributed by atoms with van der Waals surface area (Å²) < 4.78 is 65.5. The zero-order chi connectivity index (χ0) is 78.7. The Bertz CT molecular complexity index is 6350. The van der Waals surface area contributed by atoms with Gasteiger partial charge in [0.1, 0.15) is 17.5 Å². The number of rotatable bonds is 10. The van der Waals surface area contributed by atoms with Crippen LogP contribution >= 0.6 is 0 Å². The summed E-state index contributed by atoms with van der Waals surface area (Å²) in [5, 5.41) is 22.0. The maximum atomic E-state index is 14.0. The number of para-hydroxylation sites is 1. The van der Waals surface area contributed by atoms with Crippen molar-refractivity contribution in [2.45, 2.75) is 39.8 Å². The minimum atomic E-state index is -0.250. The first-order valence-corrected chi connectivity index (χ1v) is 39.5. The first kappa shape index (κ1) is 73.9. The molecular weight excluding hydrogens is 1470 g/mol. The molecule has 26 nitrogen and oxygen atoms in total. The summed E-state index contributed by atoms with van der Waals surface area (Å²) in [5.74, 6) is -0.739. The number of likely N-dealkylation sites (N-methyl/N-ethyl adjacent to an activating group) is 1. The molecule has 0 unspecified atom stereocenters. The molecule has 6 saturated heterocycles. The van der Waals surface area contributed by atoms with Gasteiger partial charge in [-0.3, -0.25) is 29.7 Å². The van der Waals surface area contributed by atoms with Crippen molar-refractivity contribution in [3.05, 3.63) is 218 Å². The van der Waals surface area contributed by atoms with Crippen LogP contribution in [0.4, 0.5) is 35.9 Å². The van der Waals surface area contributed by atoms with Crippen molar-refractivity contribution in [1.29, 1.82) is 0 Å². The first-order valence-electron chi connectivity index (χ1n) is 39.5. The summed E-state index contributed by atoms with van der Waals surface area (Å²) in [6.07, 6.45) is 28.3. The number of morpholine rings is 3. The highest BCUT2D eigenvalue weighted by Crippen LogP contribution is 2.38. The summed E-state index contributed by atoms with van der Waals surface area (Å²) in [6, 6.07) is 27.3. The van der Waals surface area contributed by atoms with E-state index in [1.807, 2.05) is 125 Å². The van der Waals surface area contributed by atoms with E-state index in [0.29, 0.717) is 45.3 Å². The third kappa shape index (κ3) is 14.5. The molecule has 0 spiro atoms. The summed E-state index contributed by atoms with van der Waals surface area (Å²) in [7, 11) is 2.14. The number of hydrogen-bond acceptors (Lipinski definition) is 22. The maximum Gasteiger partial charge on any atom is 0.162 e. The van der Waals surface area contributed by atoms with Gasteiger partial charge in [0.2, 0.25) is 0 Å². The van der Waals surface area contributed by atoms with Crippen LogP contribution < -0.4 is 19.6 Å². The summed E-state index contributed by atoms with van der Waals surface area (Å²) in [4.78, 5) is 53.2. The van der Waals surface area contributed by atoms with Gasteiger partial charge in [0.15, 0.2) is 22.6 Å². The van der Waals surface area contributed by atoms with E-state index in [0.717, 1.165) is 254 Å². The van der Waals surface area contributed by atoms with E-state index in [2.05, 4.69) is 117 Å². The van der Waals surface area contributed by atoms with Crippen LogP contribution in [0.15, 0.2) is 178 Å². The van der Waals surface area contributed by atoms with Gasteiger partial charge in [-0.2, -0.15) is 20.4 Å². The molecule has 0 N–H and O–H groups in total. The highest BCUT2D eigenvalue weighted by atomic mass is 19.1. The quantitative estimate of drug-likeness (QED) is 0.124. The van der Waals surface area contributed by atoms with Crippen LogP contribution in [0, 0.1) is 45.1 Å². The van der Waals surface area contributed by atoms with E-state index in [1.54, 1.807) is 50.1 Å². The van der Waals surface area contributed by atoms with Gasteiger partial charge in [0.05, 0.1) is 159 Å². The fraction of sp³-hybridized carbons (Fsp3) is 0.310. The molecule has 6 aliphatic heterocycles. The number of pyridine rings is 4. The lowest BCUT2D eigenvalue weighted by molar-refractivity contribution is 0.0105. The molecule has 0 aliphatic carbocycles. The first-order chi connectivity index (χ1) is 56.7. The largest absolute Gasteiger partial charge is 0.379 e. The Balaban J connectivity index is 0.000000103. The van der Waals surface area contributed by atoms with Crippen LogP contribution in [-0.2, 0) is 14.2 Å². The molecule has 4 aromatic carbocycles. The van der Waals surface area contributed by atoms with Gasteiger partial charge in [-0.15, -0.1) is 0 Å². The molecule has 0 saturated carbocycles. The van der Waals surface area contributed by atoms with E-state index < -0.39 is 0 Å². The van der Waals surface area contributed by atoms with E-state index in [9.17, 15) is 13.2 Å². The summed E-state index contributed by atoms with van der Waals surface area (Å²) in [5.41, 5.74) is 21.0. The smallest absolute Gasteiger partial charge is 0.162 e. The average Bonchev–Trinajstić information content (AvgIpc) is 1.56. The van der Waals surface area contributed by atoms with Crippen LogP contribution in [0.25, 0.3) is 111 Å². The Morgan fingerprint density at radius 1 is 0.328 bits per heavy atom. The number of ether oxygens (including phenoxy) is 3. The Morgan fingerprint density at radius 3 is 1.06 bits per heavy atom. The molecule has 0 radical (unpaired) electrons. The molecule has 0 amide bonds. The zero-order valence-electron chi connectivity index (χ0n) is 65.2. The number of nitrogens with zero attached hydrogens (tertiary/aromatic N) is 23. The minimum absolute atomic E-state index is 0.244.